The van der Waals surface area contributed by atoms with E-state index < -0.39 is 0 Å². The first-order valence-electron chi connectivity index (χ1n) is 9.54. The number of benzene rings is 4. The van der Waals surface area contributed by atoms with Crippen LogP contribution in [0.1, 0.15) is 34.1 Å². The Morgan fingerprint density at radius 3 is 1.44 bits per heavy atom. The van der Waals surface area contributed by atoms with E-state index >= 15 is 0 Å². The molecule has 0 fully saturated rings. The van der Waals surface area contributed by atoms with E-state index in [1.165, 1.54) is 43.8 Å². The van der Waals surface area contributed by atoms with Gasteiger partial charge in [-0.25, -0.2) is 0 Å². The van der Waals surface area contributed by atoms with Gasteiger partial charge in [0.25, 0.3) is 0 Å². The molecule has 0 saturated heterocycles. The van der Waals surface area contributed by atoms with E-state index in [4.69, 9.17) is 0 Å². The van der Waals surface area contributed by atoms with Crippen molar-refractivity contribution in [2.75, 3.05) is 0 Å². The Morgan fingerprint density at radius 2 is 0.963 bits per heavy atom. The maximum atomic E-state index is 3.89. The van der Waals surface area contributed by atoms with Gasteiger partial charge in [-0.2, -0.15) is 0 Å². The molecule has 2 radical (unpaired) electrons. The lowest BCUT2D eigenvalue weighted by atomic mass is 9.77. The van der Waals surface area contributed by atoms with Crippen LogP contribution in [0.4, 0.5) is 0 Å². The molecule has 0 aliphatic heterocycles. The summed E-state index contributed by atoms with van der Waals surface area (Å²) in [6, 6.07) is 26.4. The normalized spacial score (nSPS) is 19.7. The third-order valence-electron chi connectivity index (χ3n) is 5.90. The molecule has 0 amide bonds. The van der Waals surface area contributed by atoms with E-state index in [9.17, 15) is 0 Å². The van der Waals surface area contributed by atoms with Crippen LogP contribution in [0.3, 0.4) is 0 Å². The molecule has 0 saturated carbocycles. The molecule has 27 heavy (non-hydrogen) atoms. The standard InChI is InChI=1S/C27H18/c1-5-18-9-3-11-24-22(15-13-20(7-1)26(18)24)17-23-16-14-21-8-2-6-19-10-4-12-25(23)27(19)21/h1-16,22-23H. The Kier molecular flexibility index (Phi) is 3.16. The fraction of sp³-hybridized carbons (Fsp3) is 0.0741. The van der Waals surface area contributed by atoms with Crippen molar-refractivity contribution in [1.29, 1.82) is 0 Å². The third-order valence-corrected chi connectivity index (χ3v) is 5.90. The SMILES string of the molecule is [C](C1C=Cc2cccc3cccc1c23)C1C=Cc2cccc3cccc1c23. The Labute approximate surface area is 159 Å². The van der Waals surface area contributed by atoms with Gasteiger partial charge in [0.15, 0.2) is 0 Å². The van der Waals surface area contributed by atoms with E-state index in [-0.39, 0.29) is 11.8 Å². The Morgan fingerprint density at radius 1 is 0.519 bits per heavy atom. The smallest absolute Gasteiger partial charge is 0.0105 e. The molecule has 6 rings (SSSR count). The monoisotopic (exact) mass is 342 g/mol. The molecule has 4 aromatic rings. The summed E-state index contributed by atoms with van der Waals surface area (Å²) >= 11 is 0. The largest absolute Gasteiger partial charge is 0.0757 e. The lowest BCUT2D eigenvalue weighted by molar-refractivity contribution is 0.860. The second-order valence-corrected chi connectivity index (χ2v) is 7.43. The molecule has 0 nitrogen and oxygen atoms in total. The average molecular weight is 342 g/mol. The van der Waals surface area contributed by atoms with E-state index in [2.05, 4.69) is 104 Å². The van der Waals surface area contributed by atoms with Gasteiger partial charge in [0.1, 0.15) is 0 Å². The van der Waals surface area contributed by atoms with Crippen LogP contribution in [0.15, 0.2) is 84.9 Å². The molecule has 2 aliphatic carbocycles. The molecule has 0 bridgehead atoms. The molecule has 0 spiro atoms. The first-order chi connectivity index (χ1) is 13.4. The fourth-order valence-corrected chi connectivity index (χ4v) is 4.69. The van der Waals surface area contributed by atoms with E-state index in [1.54, 1.807) is 0 Å². The van der Waals surface area contributed by atoms with Crippen molar-refractivity contribution in [3.63, 3.8) is 0 Å². The van der Waals surface area contributed by atoms with Crippen LogP contribution in [0, 0.1) is 6.42 Å². The van der Waals surface area contributed by atoms with Crippen molar-refractivity contribution >= 4 is 33.7 Å². The molecule has 0 heteroatoms. The highest BCUT2D eigenvalue weighted by Gasteiger charge is 2.24. The van der Waals surface area contributed by atoms with Crippen LogP contribution in [0.2, 0.25) is 0 Å². The summed E-state index contributed by atoms with van der Waals surface area (Å²) in [6.07, 6.45) is 13.0. The van der Waals surface area contributed by atoms with Gasteiger partial charge in [0.05, 0.1) is 0 Å². The summed E-state index contributed by atoms with van der Waals surface area (Å²) < 4.78 is 0. The summed E-state index contributed by atoms with van der Waals surface area (Å²) in [5, 5.41) is 5.37. The van der Waals surface area contributed by atoms with Crippen LogP contribution < -0.4 is 0 Å². The van der Waals surface area contributed by atoms with Crippen molar-refractivity contribution < 1.29 is 0 Å². The minimum absolute atomic E-state index is 0.207. The van der Waals surface area contributed by atoms with Crippen LogP contribution in [0.25, 0.3) is 33.7 Å². The molecule has 2 atom stereocenters. The Balaban J connectivity index is 1.45. The molecular weight excluding hydrogens is 324 g/mol. The van der Waals surface area contributed by atoms with Crippen molar-refractivity contribution in [2.45, 2.75) is 11.8 Å². The van der Waals surface area contributed by atoms with Crippen LogP contribution in [0.5, 0.6) is 0 Å². The van der Waals surface area contributed by atoms with Gasteiger partial charge in [-0.15, -0.1) is 0 Å². The zero-order valence-corrected chi connectivity index (χ0v) is 14.9. The summed E-state index contributed by atoms with van der Waals surface area (Å²) in [5.74, 6) is 0.414. The van der Waals surface area contributed by atoms with Gasteiger partial charge >= 0.3 is 0 Å². The highest BCUT2D eigenvalue weighted by atomic mass is 14.3. The van der Waals surface area contributed by atoms with Crippen molar-refractivity contribution in [1.82, 2.24) is 0 Å². The summed E-state index contributed by atoms with van der Waals surface area (Å²) in [4.78, 5) is 0. The van der Waals surface area contributed by atoms with Crippen LogP contribution in [-0.2, 0) is 0 Å². The maximum Gasteiger partial charge on any atom is 0.0105 e. The molecule has 0 N–H and O–H groups in total. The van der Waals surface area contributed by atoms with Crippen molar-refractivity contribution in [3.05, 3.63) is 114 Å². The predicted octanol–water partition coefficient (Wildman–Crippen LogP) is 7.00. The Hall–Kier alpha value is -3.12. The highest BCUT2D eigenvalue weighted by molar-refractivity contribution is 5.97. The first kappa shape index (κ1) is 15.0. The number of hydrogen-bond donors (Lipinski definition) is 0. The molecule has 0 aromatic heterocycles. The first-order valence-corrected chi connectivity index (χ1v) is 9.54. The minimum atomic E-state index is 0.207. The number of allylic oxidation sites excluding steroid dienone is 2. The minimum Gasteiger partial charge on any atom is -0.0757 e. The molecule has 126 valence electrons. The summed E-state index contributed by atoms with van der Waals surface area (Å²) in [5.41, 5.74) is 5.36. The van der Waals surface area contributed by atoms with Crippen molar-refractivity contribution in [2.24, 2.45) is 0 Å². The molecule has 0 heterocycles. The average Bonchev–Trinajstić information content (AvgIpc) is 2.72. The van der Waals surface area contributed by atoms with Gasteiger partial charge in [0.2, 0.25) is 0 Å². The van der Waals surface area contributed by atoms with Crippen molar-refractivity contribution in [3.8, 4) is 0 Å². The van der Waals surface area contributed by atoms with Gasteiger partial charge in [0, 0.05) is 18.3 Å². The predicted molar refractivity (Wildman–Crippen MR) is 115 cm³/mol. The van der Waals surface area contributed by atoms with Gasteiger partial charge in [-0.05, 0) is 43.8 Å². The fourth-order valence-electron chi connectivity index (χ4n) is 4.69. The molecule has 4 aromatic carbocycles. The lowest BCUT2D eigenvalue weighted by Crippen LogP contribution is -2.09. The topological polar surface area (TPSA) is 0 Å². The highest BCUT2D eigenvalue weighted by Crippen LogP contribution is 2.42. The van der Waals surface area contributed by atoms with E-state index in [0.29, 0.717) is 0 Å². The van der Waals surface area contributed by atoms with Crippen LogP contribution in [-0.4, -0.2) is 0 Å². The van der Waals surface area contributed by atoms with Gasteiger partial charge in [-0.3, -0.25) is 0 Å². The van der Waals surface area contributed by atoms with E-state index in [1.807, 2.05) is 0 Å². The third kappa shape index (κ3) is 2.23. The van der Waals surface area contributed by atoms with Gasteiger partial charge in [-0.1, -0.05) is 97.1 Å². The lowest BCUT2D eigenvalue weighted by Gasteiger charge is -2.26. The number of hydrogen-bond acceptors (Lipinski definition) is 0. The second-order valence-electron chi connectivity index (χ2n) is 7.43. The van der Waals surface area contributed by atoms with Crippen LogP contribution >= 0.6 is 0 Å². The Bertz CT molecular complexity index is 1150. The van der Waals surface area contributed by atoms with Gasteiger partial charge < -0.3 is 0 Å². The summed E-state index contributed by atoms with van der Waals surface area (Å²) in [7, 11) is 0. The molecule has 2 aliphatic rings. The maximum absolute atomic E-state index is 3.89. The zero-order chi connectivity index (χ0) is 17.8. The second kappa shape index (κ2) is 5.69. The zero-order valence-electron chi connectivity index (χ0n) is 14.9. The molecular formula is C27H18. The molecule has 2 unspecified atom stereocenters. The van der Waals surface area contributed by atoms with E-state index in [0.717, 1.165) is 0 Å². The summed E-state index contributed by atoms with van der Waals surface area (Å²) in [6.45, 7) is 0. The quantitative estimate of drug-likeness (QED) is 0.368. The number of rotatable bonds is 2.